The summed E-state index contributed by atoms with van der Waals surface area (Å²) in [4.78, 5) is 28.0. The molecule has 22 heavy (non-hydrogen) atoms. The number of hydrogen-bond donors (Lipinski definition) is 0. The van der Waals surface area contributed by atoms with Crippen molar-refractivity contribution in [3.8, 4) is 0 Å². The average Bonchev–Trinajstić information content (AvgIpc) is 2.49. The molecule has 0 unspecified atom stereocenters. The normalized spacial score (nSPS) is 15.3. The molecule has 2 rings (SSSR count). The SMILES string of the molecule is CC(C)CC(=O)N1CCN(C(=O)c2ccc(Cl)c(Cl)c2)CC1. The predicted octanol–water partition coefficient (Wildman–Crippen LogP) is 3.32. The molecule has 1 aromatic rings. The van der Waals surface area contributed by atoms with Gasteiger partial charge in [-0.2, -0.15) is 0 Å². The largest absolute Gasteiger partial charge is 0.339 e. The van der Waals surface area contributed by atoms with Gasteiger partial charge in [0.2, 0.25) is 5.91 Å². The fourth-order valence-corrected chi connectivity index (χ4v) is 2.75. The molecule has 1 aliphatic rings. The number of benzene rings is 1. The van der Waals surface area contributed by atoms with Crippen molar-refractivity contribution in [3.05, 3.63) is 33.8 Å². The Balaban J connectivity index is 1.95. The van der Waals surface area contributed by atoms with E-state index in [4.69, 9.17) is 23.2 Å². The highest BCUT2D eigenvalue weighted by atomic mass is 35.5. The molecule has 0 radical (unpaired) electrons. The van der Waals surface area contributed by atoms with E-state index in [-0.39, 0.29) is 11.8 Å². The highest BCUT2D eigenvalue weighted by Gasteiger charge is 2.25. The van der Waals surface area contributed by atoms with Gasteiger partial charge in [-0.1, -0.05) is 37.0 Å². The molecule has 0 spiro atoms. The summed E-state index contributed by atoms with van der Waals surface area (Å²) in [5.41, 5.74) is 0.524. The molecule has 1 saturated heterocycles. The van der Waals surface area contributed by atoms with E-state index in [1.807, 2.05) is 18.7 Å². The Kier molecular flexibility index (Phi) is 5.70. The van der Waals surface area contributed by atoms with Crippen LogP contribution in [0.3, 0.4) is 0 Å². The maximum absolute atomic E-state index is 12.4. The molecular weight excluding hydrogens is 323 g/mol. The van der Waals surface area contributed by atoms with E-state index in [0.717, 1.165) is 0 Å². The number of piperazine rings is 1. The van der Waals surface area contributed by atoms with Gasteiger partial charge in [-0.05, 0) is 24.1 Å². The van der Waals surface area contributed by atoms with Crippen LogP contribution in [0.4, 0.5) is 0 Å². The molecule has 1 heterocycles. The highest BCUT2D eigenvalue weighted by molar-refractivity contribution is 6.42. The van der Waals surface area contributed by atoms with Crippen molar-refractivity contribution in [2.45, 2.75) is 20.3 Å². The Labute approximate surface area is 141 Å². The maximum atomic E-state index is 12.4. The van der Waals surface area contributed by atoms with Crippen LogP contribution in [0.5, 0.6) is 0 Å². The van der Waals surface area contributed by atoms with Crippen molar-refractivity contribution in [2.75, 3.05) is 26.2 Å². The van der Waals surface area contributed by atoms with Gasteiger partial charge in [-0.25, -0.2) is 0 Å². The third-order valence-corrected chi connectivity index (χ3v) is 4.41. The molecule has 4 nitrogen and oxygen atoms in total. The van der Waals surface area contributed by atoms with Gasteiger partial charge in [-0.15, -0.1) is 0 Å². The molecule has 0 bridgehead atoms. The summed E-state index contributed by atoms with van der Waals surface area (Å²) in [6.07, 6.45) is 0.556. The van der Waals surface area contributed by atoms with E-state index in [1.165, 1.54) is 0 Å². The van der Waals surface area contributed by atoms with E-state index in [0.29, 0.717) is 54.1 Å². The number of carbonyl (C=O) groups excluding carboxylic acids is 2. The van der Waals surface area contributed by atoms with E-state index in [9.17, 15) is 9.59 Å². The molecule has 1 aromatic carbocycles. The lowest BCUT2D eigenvalue weighted by Gasteiger charge is -2.35. The molecule has 6 heteroatoms. The first-order valence-electron chi connectivity index (χ1n) is 7.40. The Bertz CT molecular complexity index is 567. The molecular formula is C16H20Cl2N2O2. The highest BCUT2D eigenvalue weighted by Crippen LogP contribution is 2.23. The number of hydrogen-bond acceptors (Lipinski definition) is 2. The second-order valence-electron chi connectivity index (χ2n) is 5.90. The lowest BCUT2D eigenvalue weighted by molar-refractivity contribution is -0.133. The van der Waals surface area contributed by atoms with Gasteiger partial charge < -0.3 is 9.80 Å². The van der Waals surface area contributed by atoms with E-state index >= 15 is 0 Å². The number of rotatable bonds is 3. The van der Waals surface area contributed by atoms with Gasteiger partial charge in [0.1, 0.15) is 0 Å². The summed E-state index contributed by atoms with van der Waals surface area (Å²) < 4.78 is 0. The van der Waals surface area contributed by atoms with Gasteiger partial charge in [-0.3, -0.25) is 9.59 Å². The van der Waals surface area contributed by atoms with Crippen LogP contribution in [-0.4, -0.2) is 47.8 Å². The first kappa shape index (κ1) is 17.1. The third-order valence-electron chi connectivity index (χ3n) is 3.67. The van der Waals surface area contributed by atoms with E-state index in [2.05, 4.69) is 0 Å². The van der Waals surface area contributed by atoms with Gasteiger partial charge in [0.05, 0.1) is 10.0 Å². The van der Waals surface area contributed by atoms with Gasteiger partial charge in [0, 0.05) is 38.2 Å². The summed E-state index contributed by atoms with van der Waals surface area (Å²) in [6.45, 7) is 6.31. The number of carbonyl (C=O) groups is 2. The Morgan fingerprint density at radius 1 is 1.05 bits per heavy atom. The first-order valence-corrected chi connectivity index (χ1v) is 8.16. The van der Waals surface area contributed by atoms with Crippen molar-refractivity contribution in [1.29, 1.82) is 0 Å². The Morgan fingerprint density at radius 2 is 1.64 bits per heavy atom. The van der Waals surface area contributed by atoms with Crippen molar-refractivity contribution in [2.24, 2.45) is 5.92 Å². The van der Waals surface area contributed by atoms with Crippen LogP contribution in [0.2, 0.25) is 10.0 Å². The van der Waals surface area contributed by atoms with Crippen LogP contribution in [0.1, 0.15) is 30.6 Å². The van der Waals surface area contributed by atoms with Crippen molar-refractivity contribution in [1.82, 2.24) is 9.80 Å². The third kappa shape index (κ3) is 4.14. The van der Waals surface area contributed by atoms with Crippen LogP contribution in [0.15, 0.2) is 18.2 Å². The van der Waals surface area contributed by atoms with Crippen LogP contribution in [-0.2, 0) is 4.79 Å². The first-order chi connectivity index (χ1) is 10.4. The molecule has 1 aliphatic heterocycles. The molecule has 2 amide bonds. The molecule has 120 valence electrons. The minimum atomic E-state index is -0.0745. The zero-order valence-electron chi connectivity index (χ0n) is 12.8. The lowest BCUT2D eigenvalue weighted by Crippen LogP contribution is -2.50. The molecule has 0 N–H and O–H groups in total. The summed E-state index contributed by atoms with van der Waals surface area (Å²) in [5.74, 6) is 0.439. The summed E-state index contributed by atoms with van der Waals surface area (Å²) in [6, 6.07) is 4.88. The number of nitrogens with zero attached hydrogens (tertiary/aromatic N) is 2. The summed E-state index contributed by atoms with van der Waals surface area (Å²) >= 11 is 11.8. The molecule has 0 saturated carbocycles. The summed E-state index contributed by atoms with van der Waals surface area (Å²) in [7, 11) is 0. The monoisotopic (exact) mass is 342 g/mol. The quantitative estimate of drug-likeness (QED) is 0.845. The second-order valence-corrected chi connectivity index (χ2v) is 6.71. The Hall–Kier alpha value is -1.26. The molecule has 0 atom stereocenters. The summed E-state index contributed by atoms with van der Waals surface area (Å²) in [5, 5.41) is 0.806. The van der Waals surface area contributed by atoms with Gasteiger partial charge in [0.25, 0.3) is 5.91 Å². The standard InChI is InChI=1S/C16H20Cl2N2O2/c1-11(2)9-15(21)19-5-7-20(8-6-19)16(22)12-3-4-13(17)14(18)10-12/h3-4,10-11H,5-9H2,1-2H3. The van der Waals surface area contributed by atoms with Crippen LogP contribution >= 0.6 is 23.2 Å². The van der Waals surface area contributed by atoms with E-state index < -0.39 is 0 Å². The van der Waals surface area contributed by atoms with Crippen molar-refractivity contribution in [3.63, 3.8) is 0 Å². The van der Waals surface area contributed by atoms with Gasteiger partial charge >= 0.3 is 0 Å². The van der Waals surface area contributed by atoms with Crippen LogP contribution < -0.4 is 0 Å². The number of halogens is 2. The fourth-order valence-electron chi connectivity index (χ4n) is 2.45. The van der Waals surface area contributed by atoms with Crippen molar-refractivity contribution >= 4 is 35.0 Å². The molecule has 0 aromatic heterocycles. The Morgan fingerprint density at radius 3 is 2.18 bits per heavy atom. The second kappa shape index (κ2) is 7.34. The van der Waals surface area contributed by atoms with Gasteiger partial charge in [0.15, 0.2) is 0 Å². The maximum Gasteiger partial charge on any atom is 0.254 e. The van der Waals surface area contributed by atoms with E-state index in [1.54, 1.807) is 23.1 Å². The minimum absolute atomic E-state index is 0.0745. The smallest absolute Gasteiger partial charge is 0.254 e. The zero-order chi connectivity index (χ0) is 16.3. The molecule has 0 aliphatic carbocycles. The van der Waals surface area contributed by atoms with Crippen molar-refractivity contribution < 1.29 is 9.59 Å². The topological polar surface area (TPSA) is 40.6 Å². The molecule has 1 fully saturated rings. The predicted molar refractivity (Wildman–Crippen MR) is 88.4 cm³/mol. The van der Waals surface area contributed by atoms with Crippen LogP contribution in [0.25, 0.3) is 0 Å². The van der Waals surface area contributed by atoms with Crippen LogP contribution in [0, 0.1) is 5.92 Å². The lowest BCUT2D eigenvalue weighted by atomic mass is 10.1. The average molecular weight is 343 g/mol. The number of amides is 2. The minimum Gasteiger partial charge on any atom is -0.339 e. The zero-order valence-corrected chi connectivity index (χ0v) is 14.3. The fraction of sp³-hybridized carbons (Fsp3) is 0.500.